The molecule has 0 aliphatic heterocycles. The van der Waals surface area contributed by atoms with Gasteiger partial charge in [-0.3, -0.25) is 0 Å². The summed E-state index contributed by atoms with van der Waals surface area (Å²) >= 11 is 0. The molecule has 0 aliphatic rings. The van der Waals surface area contributed by atoms with E-state index in [0.717, 1.165) is 6.07 Å². The molecule has 1 aromatic rings. The van der Waals surface area contributed by atoms with Gasteiger partial charge in [0, 0.05) is 12.1 Å². The van der Waals surface area contributed by atoms with Crippen LogP contribution in [0.5, 0.6) is 0 Å². The van der Waals surface area contributed by atoms with Crippen molar-refractivity contribution in [3.63, 3.8) is 0 Å². The van der Waals surface area contributed by atoms with Crippen LogP contribution < -0.4 is 5.73 Å². The van der Waals surface area contributed by atoms with Crippen LogP contribution in [0.2, 0.25) is 0 Å². The summed E-state index contributed by atoms with van der Waals surface area (Å²) < 4.78 is 25.0. The first-order valence-corrected chi connectivity index (χ1v) is 4.16. The van der Waals surface area contributed by atoms with Gasteiger partial charge < -0.3 is 10.8 Å². The summed E-state index contributed by atoms with van der Waals surface area (Å²) in [5.41, 5.74) is 3.49. The maximum atomic E-state index is 12.5. The Bertz CT molecular complexity index is 469. The number of rotatable bonds is 3. The average Bonchev–Trinajstić information content (AvgIpc) is 2.26. The minimum absolute atomic E-state index is 0.216. The predicted octanol–water partition coefficient (Wildman–Crippen LogP) is 1.05. The second-order valence-corrected chi connectivity index (χ2v) is 2.84. The lowest BCUT2D eigenvalue weighted by Gasteiger charge is -2.08. The highest BCUT2D eigenvalue weighted by Crippen LogP contribution is 2.24. The van der Waals surface area contributed by atoms with Crippen molar-refractivity contribution in [1.29, 1.82) is 5.26 Å². The molecule has 0 amide bonds. The van der Waals surface area contributed by atoms with Gasteiger partial charge in [-0.1, -0.05) is 0 Å². The summed E-state index contributed by atoms with van der Waals surface area (Å²) in [6, 6.07) is 2.31. The number of pyridine rings is 1. The highest BCUT2D eigenvalue weighted by molar-refractivity contribution is 5.88. The molecule has 0 aromatic carbocycles. The van der Waals surface area contributed by atoms with Crippen LogP contribution in [0.25, 0.3) is 0 Å². The molecule has 1 aromatic heterocycles. The van der Waals surface area contributed by atoms with Crippen LogP contribution in [-0.2, 0) is 6.54 Å². The monoisotopic (exact) mass is 227 g/mol. The molecular formula is C9H7F2N3O2. The molecule has 7 heteroatoms. The molecule has 0 fully saturated rings. The van der Waals surface area contributed by atoms with Gasteiger partial charge in [-0.25, -0.2) is 18.6 Å². The molecule has 5 nitrogen and oxygen atoms in total. The van der Waals surface area contributed by atoms with E-state index in [1.165, 1.54) is 6.07 Å². The molecule has 0 bridgehead atoms. The van der Waals surface area contributed by atoms with E-state index in [4.69, 9.17) is 16.1 Å². The third-order valence-corrected chi connectivity index (χ3v) is 1.89. The minimum Gasteiger partial charge on any atom is -0.476 e. The summed E-state index contributed by atoms with van der Waals surface area (Å²) in [5, 5.41) is 17.3. The van der Waals surface area contributed by atoms with Crippen molar-refractivity contribution in [3.05, 3.63) is 28.6 Å². The van der Waals surface area contributed by atoms with Crippen LogP contribution in [0, 0.1) is 11.3 Å². The predicted molar refractivity (Wildman–Crippen MR) is 48.8 cm³/mol. The Morgan fingerprint density at radius 1 is 1.69 bits per heavy atom. The average molecular weight is 227 g/mol. The van der Waals surface area contributed by atoms with Crippen molar-refractivity contribution in [3.8, 4) is 6.07 Å². The lowest BCUT2D eigenvalue weighted by molar-refractivity contribution is 0.0689. The molecule has 1 heterocycles. The van der Waals surface area contributed by atoms with E-state index in [9.17, 15) is 13.6 Å². The fourth-order valence-electron chi connectivity index (χ4n) is 1.17. The Balaban J connectivity index is 3.48. The number of hydrogen-bond donors (Lipinski definition) is 2. The smallest absolute Gasteiger partial charge is 0.355 e. The first-order valence-electron chi connectivity index (χ1n) is 4.16. The maximum Gasteiger partial charge on any atom is 0.355 e. The summed E-state index contributed by atoms with van der Waals surface area (Å²) in [6.07, 6.45) is -2.85. The Labute approximate surface area is 89.1 Å². The molecule has 0 radical (unpaired) electrons. The topological polar surface area (TPSA) is 100 Å². The number of alkyl halides is 2. The number of halogens is 2. The van der Waals surface area contributed by atoms with Gasteiger partial charge in [-0.2, -0.15) is 5.26 Å². The Morgan fingerprint density at radius 2 is 2.31 bits per heavy atom. The van der Waals surface area contributed by atoms with E-state index in [2.05, 4.69) is 4.98 Å². The molecule has 0 aliphatic carbocycles. The molecule has 0 atom stereocenters. The van der Waals surface area contributed by atoms with Crippen LogP contribution in [0.1, 0.15) is 33.7 Å². The maximum absolute atomic E-state index is 12.5. The summed E-state index contributed by atoms with van der Waals surface area (Å²) in [7, 11) is 0. The van der Waals surface area contributed by atoms with Gasteiger partial charge in [0.05, 0.1) is 11.3 Å². The summed E-state index contributed by atoms with van der Waals surface area (Å²) in [4.78, 5) is 14.1. The molecule has 84 valence electrons. The van der Waals surface area contributed by atoms with Crippen molar-refractivity contribution >= 4 is 5.97 Å². The molecule has 16 heavy (non-hydrogen) atoms. The number of carboxylic acids is 1. The zero-order valence-corrected chi connectivity index (χ0v) is 7.94. The Morgan fingerprint density at radius 3 is 2.69 bits per heavy atom. The lowest BCUT2D eigenvalue weighted by Crippen LogP contribution is -2.12. The Hall–Kier alpha value is -2.07. The largest absolute Gasteiger partial charge is 0.476 e. The van der Waals surface area contributed by atoms with E-state index >= 15 is 0 Å². The van der Waals surface area contributed by atoms with Crippen molar-refractivity contribution in [2.24, 2.45) is 5.73 Å². The fourth-order valence-corrected chi connectivity index (χ4v) is 1.17. The lowest BCUT2D eigenvalue weighted by atomic mass is 10.1. The zero-order valence-electron chi connectivity index (χ0n) is 7.94. The molecule has 0 saturated carbocycles. The van der Waals surface area contributed by atoms with Gasteiger partial charge in [0.2, 0.25) is 0 Å². The van der Waals surface area contributed by atoms with E-state index in [0.29, 0.717) is 0 Å². The first-order chi connectivity index (χ1) is 7.51. The molecule has 1 rings (SSSR count). The third-order valence-electron chi connectivity index (χ3n) is 1.89. The first kappa shape index (κ1) is 12.0. The Kier molecular flexibility index (Phi) is 3.48. The van der Waals surface area contributed by atoms with Gasteiger partial charge in [0.25, 0.3) is 6.43 Å². The van der Waals surface area contributed by atoms with Gasteiger partial charge in [-0.15, -0.1) is 0 Å². The third kappa shape index (κ3) is 2.12. The van der Waals surface area contributed by atoms with Gasteiger partial charge in [-0.05, 0) is 6.07 Å². The van der Waals surface area contributed by atoms with Crippen molar-refractivity contribution in [2.75, 3.05) is 0 Å². The van der Waals surface area contributed by atoms with E-state index < -0.39 is 29.2 Å². The molecule has 3 N–H and O–H groups in total. The molecule has 0 spiro atoms. The highest BCUT2D eigenvalue weighted by atomic mass is 19.3. The van der Waals surface area contributed by atoms with Crippen LogP contribution in [0.4, 0.5) is 8.78 Å². The number of aromatic carboxylic acids is 1. The zero-order chi connectivity index (χ0) is 12.3. The highest BCUT2D eigenvalue weighted by Gasteiger charge is 2.20. The van der Waals surface area contributed by atoms with Crippen LogP contribution >= 0.6 is 0 Å². The number of nitriles is 1. The fraction of sp³-hybridized carbons (Fsp3) is 0.222. The molecular weight excluding hydrogens is 220 g/mol. The van der Waals surface area contributed by atoms with E-state index in [1.807, 2.05) is 0 Å². The van der Waals surface area contributed by atoms with E-state index in [-0.39, 0.29) is 12.2 Å². The number of nitrogens with two attached hydrogens (primary N) is 1. The molecule has 0 unspecified atom stereocenters. The van der Waals surface area contributed by atoms with Crippen LogP contribution in [-0.4, -0.2) is 16.1 Å². The normalized spacial score (nSPS) is 10.2. The number of carboxylic acid groups (broad SMARTS) is 1. The number of carbonyl (C=O) groups is 1. The number of nitrogens with zero attached hydrogens (tertiary/aromatic N) is 2. The molecule has 0 saturated heterocycles. The van der Waals surface area contributed by atoms with Crippen molar-refractivity contribution < 1.29 is 18.7 Å². The minimum atomic E-state index is -2.85. The van der Waals surface area contributed by atoms with E-state index in [1.54, 1.807) is 0 Å². The van der Waals surface area contributed by atoms with Crippen LogP contribution in [0.15, 0.2) is 6.07 Å². The van der Waals surface area contributed by atoms with Crippen LogP contribution in [0.3, 0.4) is 0 Å². The number of aromatic nitrogens is 1. The van der Waals surface area contributed by atoms with Crippen molar-refractivity contribution in [1.82, 2.24) is 4.98 Å². The van der Waals surface area contributed by atoms with Gasteiger partial charge in [0.1, 0.15) is 6.07 Å². The SMILES string of the molecule is N#Cc1cc(C(F)F)c(CN)nc1C(=O)O. The second kappa shape index (κ2) is 4.63. The summed E-state index contributed by atoms with van der Waals surface area (Å²) in [6.45, 7) is -0.314. The van der Waals surface area contributed by atoms with Crippen molar-refractivity contribution in [2.45, 2.75) is 13.0 Å². The standard InChI is InChI=1S/C9H7F2N3O2/c10-8(11)5-1-4(2-12)7(9(15)16)14-6(5)3-13/h1,8H,3,13H2,(H,15,16). The van der Waals surface area contributed by atoms with Gasteiger partial charge >= 0.3 is 5.97 Å². The second-order valence-electron chi connectivity index (χ2n) is 2.84. The van der Waals surface area contributed by atoms with Gasteiger partial charge in [0.15, 0.2) is 5.69 Å². The quantitative estimate of drug-likeness (QED) is 0.803. The number of hydrogen-bond acceptors (Lipinski definition) is 4. The summed E-state index contributed by atoms with van der Waals surface area (Å²) in [5.74, 6) is -1.45.